The minimum absolute atomic E-state index is 0.147. The van der Waals surface area contributed by atoms with Crippen LogP contribution >= 0.6 is 11.6 Å². The van der Waals surface area contributed by atoms with Crippen molar-refractivity contribution in [3.63, 3.8) is 0 Å². The third kappa shape index (κ3) is 3.62. The second kappa shape index (κ2) is 6.99. The molecule has 2 N–H and O–H groups in total. The summed E-state index contributed by atoms with van der Waals surface area (Å²) < 4.78 is 0. The molecule has 5 heteroatoms. The SMILES string of the molecule is O=C(NC1CN(C2CCCCC2)CC1O)c1ccc(Cl)cc1. The van der Waals surface area contributed by atoms with E-state index in [9.17, 15) is 9.90 Å². The highest BCUT2D eigenvalue weighted by atomic mass is 35.5. The van der Waals surface area contributed by atoms with Gasteiger partial charge in [0.25, 0.3) is 5.91 Å². The summed E-state index contributed by atoms with van der Waals surface area (Å²) in [6.45, 7) is 1.40. The van der Waals surface area contributed by atoms with Crippen LogP contribution in [-0.4, -0.2) is 47.2 Å². The Kier molecular flexibility index (Phi) is 5.01. The molecular weight excluding hydrogens is 300 g/mol. The predicted molar refractivity (Wildman–Crippen MR) is 87.2 cm³/mol. The lowest BCUT2D eigenvalue weighted by Gasteiger charge is -2.30. The second-order valence-corrected chi connectivity index (χ2v) is 6.84. The number of nitrogens with zero attached hydrogens (tertiary/aromatic N) is 1. The van der Waals surface area contributed by atoms with E-state index in [0.29, 0.717) is 23.2 Å². The molecule has 0 spiro atoms. The lowest BCUT2D eigenvalue weighted by molar-refractivity contribution is 0.0887. The van der Waals surface area contributed by atoms with Crippen LogP contribution in [0.1, 0.15) is 42.5 Å². The zero-order valence-corrected chi connectivity index (χ0v) is 13.4. The van der Waals surface area contributed by atoms with Gasteiger partial charge in [-0.2, -0.15) is 0 Å². The number of hydrogen-bond donors (Lipinski definition) is 2. The van der Waals surface area contributed by atoms with E-state index in [1.165, 1.54) is 32.1 Å². The van der Waals surface area contributed by atoms with Crippen molar-refractivity contribution in [3.05, 3.63) is 34.9 Å². The van der Waals surface area contributed by atoms with Crippen molar-refractivity contribution in [2.45, 2.75) is 50.3 Å². The molecule has 2 unspecified atom stereocenters. The molecule has 0 radical (unpaired) electrons. The van der Waals surface area contributed by atoms with Gasteiger partial charge in [-0.05, 0) is 37.1 Å². The van der Waals surface area contributed by atoms with Gasteiger partial charge in [-0.25, -0.2) is 0 Å². The lowest BCUT2D eigenvalue weighted by atomic mass is 9.94. The highest BCUT2D eigenvalue weighted by Crippen LogP contribution is 2.26. The Bertz CT molecular complexity index is 514. The minimum atomic E-state index is -0.488. The van der Waals surface area contributed by atoms with Crippen LogP contribution < -0.4 is 5.32 Å². The van der Waals surface area contributed by atoms with Crippen LogP contribution in [0.15, 0.2) is 24.3 Å². The summed E-state index contributed by atoms with van der Waals surface area (Å²) in [5, 5.41) is 13.8. The zero-order chi connectivity index (χ0) is 15.5. The van der Waals surface area contributed by atoms with Gasteiger partial charge in [0, 0.05) is 29.7 Å². The maximum absolute atomic E-state index is 12.3. The normalized spacial score (nSPS) is 27.0. The van der Waals surface area contributed by atoms with Crippen molar-refractivity contribution in [1.29, 1.82) is 0 Å². The molecule has 1 aliphatic heterocycles. The molecular formula is C17H23ClN2O2. The number of carbonyl (C=O) groups is 1. The Morgan fingerprint density at radius 3 is 2.50 bits per heavy atom. The van der Waals surface area contributed by atoms with Crippen LogP contribution in [0, 0.1) is 0 Å². The van der Waals surface area contributed by atoms with E-state index in [2.05, 4.69) is 10.2 Å². The molecule has 1 heterocycles. The number of halogens is 1. The molecule has 1 amide bonds. The average Bonchev–Trinajstić information content (AvgIpc) is 2.90. The number of β-amino-alcohol motifs (C(OH)–C–C–N with tert-alkyl or cyclic N) is 1. The molecule has 1 saturated heterocycles. The largest absolute Gasteiger partial charge is 0.390 e. The monoisotopic (exact) mass is 322 g/mol. The number of likely N-dealkylation sites (tertiary alicyclic amines) is 1. The molecule has 2 aliphatic rings. The molecule has 1 aromatic rings. The molecule has 3 rings (SSSR count). The number of aliphatic hydroxyl groups excluding tert-OH is 1. The van der Waals surface area contributed by atoms with Crippen LogP contribution in [0.3, 0.4) is 0 Å². The first kappa shape index (κ1) is 15.8. The molecule has 2 atom stereocenters. The maximum atomic E-state index is 12.3. The van der Waals surface area contributed by atoms with E-state index in [4.69, 9.17) is 11.6 Å². The molecule has 1 aliphatic carbocycles. The molecule has 1 aromatic carbocycles. The highest BCUT2D eigenvalue weighted by molar-refractivity contribution is 6.30. The number of amides is 1. The predicted octanol–water partition coefficient (Wildman–Crippen LogP) is 2.45. The first-order valence-electron chi connectivity index (χ1n) is 8.12. The topological polar surface area (TPSA) is 52.6 Å². The third-order valence-electron chi connectivity index (χ3n) is 4.83. The molecule has 0 bridgehead atoms. The van der Waals surface area contributed by atoms with Gasteiger partial charge in [0.15, 0.2) is 0 Å². The Labute approximate surface area is 136 Å². The molecule has 0 aromatic heterocycles. The number of nitrogens with one attached hydrogen (secondary N) is 1. The van der Waals surface area contributed by atoms with Crippen molar-refractivity contribution in [3.8, 4) is 0 Å². The second-order valence-electron chi connectivity index (χ2n) is 6.40. The van der Waals surface area contributed by atoms with E-state index in [1.54, 1.807) is 24.3 Å². The fraction of sp³-hybridized carbons (Fsp3) is 0.588. The fourth-order valence-electron chi connectivity index (χ4n) is 3.56. The third-order valence-corrected chi connectivity index (χ3v) is 5.08. The number of rotatable bonds is 3. The van der Waals surface area contributed by atoms with Crippen LogP contribution in [0.4, 0.5) is 0 Å². The van der Waals surface area contributed by atoms with Crippen LogP contribution in [0.2, 0.25) is 5.02 Å². The number of aliphatic hydroxyl groups is 1. The standard InChI is InChI=1S/C17H23ClN2O2/c18-13-8-6-12(7-9-13)17(22)19-15-10-20(11-16(15)21)14-4-2-1-3-5-14/h6-9,14-16,21H,1-5,10-11H2,(H,19,22). The fourth-order valence-corrected chi connectivity index (χ4v) is 3.68. The Hall–Kier alpha value is -1.10. The van der Waals surface area contributed by atoms with Gasteiger partial charge in [-0.3, -0.25) is 9.69 Å². The summed E-state index contributed by atoms with van der Waals surface area (Å²) in [6.07, 6.45) is 5.81. The minimum Gasteiger partial charge on any atom is -0.390 e. The number of hydrogen-bond acceptors (Lipinski definition) is 3. The Balaban J connectivity index is 1.58. The van der Waals surface area contributed by atoms with E-state index in [-0.39, 0.29) is 11.9 Å². The lowest BCUT2D eigenvalue weighted by Crippen LogP contribution is -2.43. The molecule has 2 fully saturated rings. The quantitative estimate of drug-likeness (QED) is 0.898. The van der Waals surface area contributed by atoms with E-state index in [1.807, 2.05) is 0 Å². The van der Waals surface area contributed by atoms with Gasteiger partial charge in [-0.15, -0.1) is 0 Å². The molecule has 22 heavy (non-hydrogen) atoms. The Morgan fingerprint density at radius 1 is 1.14 bits per heavy atom. The summed E-state index contributed by atoms with van der Waals surface area (Å²) in [4.78, 5) is 14.6. The first-order chi connectivity index (χ1) is 10.6. The van der Waals surface area contributed by atoms with Gasteiger partial charge in [0.2, 0.25) is 0 Å². The van der Waals surface area contributed by atoms with Gasteiger partial charge < -0.3 is 10.4 Å². The number of carbonyl (C=O) groups excluding carboxylic acids is 1. The smallest absolute Gasteiger partial charge is 0.251 e. The molecule has 1 saturated carbocycles. The van der Waals surface area contributed by atoms with Crippen molar-refractivity contribution in [2.75, 3.05) is 13.1 Å². The Morgan fingerprint density at radius 2 is 1.82 bits per heavy atom. The van der Waals surface area contributed by atoms with Gasteiger partial charge in [0.05, 0.1) is 12.1 Å². The van der Waals surface area contributed by atoms with Crippen molar-refractivity contribution in [1.82, 2.24) is 10.2 Å². The maximum Gasteiger partial charge on any atom is 0.251 e. The summed E-state index contributed by atoms with van der Waals surface area (Å²) in [6, 6.07) is 7.20. The van der Waals surface area contributed by atoms with Crippen LogP contribution in [-0.2, 0) is 0 Å². The van der Waals surface area contributed by atoms with E-state index in [0.717, 1.165) is 6.54 Å². The van der Waals surface area contributed by atoms with Gasteiger partial charge >= 0.3 is 0 Å². The molecule has 120 valence electrons. The summed E-state index contributed by atoms with van der Waals surface area (Å²) in [5.74, 6) is -0.147. The van der Waals surface area contributed by atoms with Crippen LogP contribution in [0.25, 0.3) is 0 Å². The first-order valence-corrected chi connectivity index (χ1v) is 8.50. The van der Waals surface area contributed by atoms with E-state index >= 15 is 0 Å². The highest BCUT2D eigenvalue weighted by Gasteiger charge is 2.36. The average molecular weight is 323 g/mol. The zero-order valence-electron chi connectivity index (χ0n) is 12.7. The van der Waals surface area contributed by atoms with Crippen LogP contribution in [0.5, 0.6) is 0 Å². The summed E-state index contributed by atoms with van der Waals surface area (Å²) >= 11 is 5.84. The van der Waals surface area contributed by atoms with Crippen molar-refractivity contribution >= 4 is 17.5 Å². The van der Waals surface area contributed by atoms with E-state index < -0.39 is 6.10 Å². The van der Waals surface area contributed by atoms with Gasteiger partial charge in [-0.1, -0.05) is 30.9 Å². The summed E-state index contributed by atoms with van der Waals surface area (Å²) in [5.41, 5.74) is 0.577. The van der Waals surface area contributed by atoms with Crippen molar-refractivity contribution < 1.29 is 9.90 Å². The molecule has 4 nitrogen and oxygen atoms in total. The van der Waals surface area contributed by atoms with Gasteiger partial charge in [0.1, 0.15) is 0 Å². The summed E-state index contributed by atoms with van der Waals surface area (Å²) in [7, 11) is 0. The number of benzene rings is 1. The van der Waals surface area contributed by atoms with Crippen molar-refractivity contribution in [2.24, 2.45) is 0 Å².